The van der Waals surface area contributed by atoms with E-state index in [9.17, 15) is 23.2 Å². The summed E-state index contributed by atoms with van der Waals surface area (Å²) in [5.41, 5.74) is 5.67. The molecule has 2 heterocycles. The fraction of sp³-hybridized carbons (Fsp3) is 0.185. The van der Waals surface area contributed by atoms with Crippen LogP contribution in [0.5, 0.6) is 5.75 Å². The monoisotopic (exact) mass is 538 g/mol. The molecule has 4 aromatic rings. The molecule has 0 atom stereocenters. The second kappa shape index (κ2) is 12.2. The lowest BCUT2D eigenvalue weighted by molar-refractivity contribution is -0.116. The quantitative estimate of drug-likeness (QED) is 0.215. The number of anilines is 1. The molecule has 8 nitrogen and oxygen atoms in total. The number of nitrogens with two attached hydrogens (primary N) is 1. The number of halogens is 2. The van der Waals surface area contributed by atoms with E-state index < -0.39 is 17.5 Å². The van der Waals surface area contributed by atoms with Gasteiger partial charge in [-0.15, -0.1) is 11.3 Å². The summed E-state index contributed by atoms with van der Waals surface area (Å²) in [6.07, 6.45) is 5.64. The molecule has 38 heavy (non-hydrogen) atoms. The average molecular weight is 539 g/mol. The zero-order chi connectivity index (χ0) is 27.1. The fourth-order valence-corrected chi connectivity index (χ4v) is 4.67. The van der Waals surface area contributed by atoms with Crippen LogP contribution in [-0.4, -0.2) is 21.4 Å². The summed E-state index contributed by atoms with van der Waals surface area (Å²) in [7, 11) is 0. The molecule has 11 heteroatoms. The van der Waals surface area contributed by atoms with Crippen LogP contribution in [0.1, 0.15) is 29.8 Å². The predicted molar refractivity (Wildman–Crippen MR) is 141 cm³/mol. The van der Waals surface area contributed by atoms with Crippen molar-refractivity contribution in [3.8, 4) is 5.75 Å². The molecule has 0 saturated heterocycles. The maximum Gasteiger partial charge on any atom is 0.274 e. The molecule has 0 fully saturated rings. The summed E-state index contributed by atoms with van der Waals surface area (Å²) in [6.45, 7) is 0.0902. The van der Waals surface area contributed by atoms with E-state index in [1.165, 1.54) is 40.2 Å². The number of benzene rings is 2. The van der Waals surface area contributed by atoms with Crippen molar-refractivity contribution in [1.29, 1.82) is 0 Å². The highest BCUT2D eigenvalue weighted by atomic mass is 32.1. The molecule has 0 bridgehead atoms. The van der Waals surface area contributed by atoms with E-state index in [-0.39, 0.29) is 42.3 Å². The lowest BCUT2D eigenvalue weighted by atomic mass is 10.2. The topological polar surface area (TPSA) is 116 Å². The zero-order valence-electron chi connectivity index (χ0n) is 20.2. The van der Waals surface area contributed by atoms with Gasteiger partial charge in [-0.3, -0.25) is 14.4 Å². The molecule has 3 N–H and O–H groups in total. The molecule has 2 aromatic carbocycles. The molecule has 0 aliphatic heterocycles. The van der Waals surface area contributed by atoms with Crippen LogP contribution in [0.25, 0.3) is 10.2 Å². The van der Waals surface area contributed by atoms with Gasteiger partial charge in [0.05, 0.1) is 16.8 Å². The van der Waals surface area contributed by atoms with Gasteiger partial charge in [-0.05, 0) is 55.3 Å². The lowest BCUT2D eigenvalue weighted by Gasteiger charge is -2.08. The van der Waals surface area contributed by atoms with E-state index in [0.29, 0.717) is 29.1 Å². The smallest absolute Gasteiger partial charge is 0.274 e. The first kappa shape index (κ1) is 26.7. The highest BCUT2D eigenvalue weighted by Gasteiger charge is 2.13. The minimum absolute atomic E-state index is 0.0822. The van der Waals surface area contributed by atoms with Crippen LogP contribution in [0.4, 0.5) is 14.5 Å². The Balaban J connectivity index is 1.43. The van der Waals surface area contributed by atoms with E-state index in [4.69, 9.17) is 10.5 Å². The molecule has 0 saturated carbocycles. The molecule has 0 unspecified atom stereocenters. The third-order valence-corrected chi connectivity index (χ3v) is 6.55. The van der Waals surface area contributed by atoms with Crippen molar-refractivity contribution < 1.29 is 23.1 Å². The lowest BCUT2D eigenvalue weighted by Crippen LogP contribution is -2.25. The molecule has 2 amide bonds. The number of nitrogens with zero attached hydrogens (tertiary/aromatic N) is 2. The van der Waals surface area contributed by atoms with Gasteiger partial charge < -0.3 is 20.4 Å². The number of ether oxygens (including phenoxy) is 1. The Kier molecular flexibility index (Phi) is 8.59. The van der Waals surface area contributed by atoms with Gasteiger partial charge in [0.25, 0.3) is 5.56 Å². The molecule has 0 spiro atoms. The summed E-state index contributed by atoms with van der Waals surface area (Å²) >= 11 is 1.33. The van der Waals surface area contributed by atoms with Crippen molar-refractivity contribution in [2.75, 3.05) is 5.32 Å². The summed E-state index contributed by atoms with van der Waals surface area (Å²) in [5, 5.41) is 3.27. The first-order valence-corrected chi connectivity index (χ1v) is 12.5. The molecule has 2 aromatic heterocycles. The highest BCUT2D eigenvalue weighted by molar-refractivity contribution is 7.19. The van der Waals surface area contributed by atoms with Crippen molar-refractivity contribution in [3.05, 3.63) is 99.4 Å². The molecular weight excluding hydrogens is 514 g/mol. The van der Waals surface area contributed by atoms with Crippen molar-refractivity contribution in [2.45, 2.75) is 32.4 Å². The van der Waals surface area contributed by atoms with E-state index >= 15 is 0 Å². The summed E-state index contributed by atoms with van der Waals surface area (Å²) in [4.78, 5) is 40.5. The molecule has 0 aliphatic rings. The third kappa shape index (κ3) is 6.88. The van der Waals surface area contributed by atoms with Gasteiger partial charge >= 0.3 is 0 Å². The summed E-state index contributed by atoms with van der Waals surface area (Å²) in [5.74, 6) is -1.71. The van der Waals surface area contributed by atoms with Crippen molar-refractivity contribution >= 4 is 39.1 Å². The number of aromatic nitrogens is 2. The molecule has 196 valence electrons. The standard InChI is InChI=1S/C27H24F2N4O4S/c28-18-12-11-17(19(29)14-18)16-37-22-8-4-6-20-26(22)38-25(32-20)15-33-13-5-7-21(27(33)36)31-24(35)10-3-1-2-9-23(30)34/h2,4-9,11-14H,1,3,10,15-16H2,(H2,30,34)(H,31,35)/b9-2+. The van der Waals surface area contributed by atoms with Crippen LogP contribution in [0.2, 0.25) is 0 Å². The maximum atomic E-state index is 14.0. The Morgan fingerprint density at radius 2 is 2.00 bits per heavy atom. The number of nitrogens with one attached hydrogen (secondary N) is 1. The predicted octanol–water partition coefficient (Wildman–Crippen LogP) is 4.51. The number of thiazole rings is 1. The number of rotatable bonds is 11. The van der Waals surface area contributed by atoms with Crippen LogP contribution in [0, 0.1) is 11.6 Å². The fourth-order valence-electron chi connectivity index (χ4n) is 3.64. The van der Waals surface area contributed by atoms with Crippen molar-refractivity contribution in [1.82, 2.24) is 9.55 Å². The van der Waals surface area contributed by atoms with Crippen LogP contribution in [0.3, 0.4) is 0 Å². The number of pyridine rings is 1. The van der Waals surface area contributed by atoms with Crippen molar-refractivity contribution in [3.63, 3.8) is 0 Å². The van der Waals surface area contributed by atoms with E-state index in [1.807, 2.05) is 0 Å². The first-order valence-electron chi connectivity index (χ1n) is 11.7. The van der Waals surface area contributed by atoms with Crippen LogP contribution >= 0.6 is 11.3 Å². The van der Waals surface area contributed by atoms with Gasteiger partial charge in [0.2, 0.25) is 11.8 Å². The second-order valence-corrected chi connectivity index (χ2v) is 9.42. The van der Waals surface area contributed by atoms with Crippen LogP contribution < -0.4 is 21.3 Å². The van der Waals surface area contributed by atoms with Gasteiger partial charge in [-0.1, -0.05) is 12.1 Å². The number of allylic oxidation sites excluding steroid dienone is 1. The Bertz CT molecular complexity index is 1560. The van der Waals surface area contributed by atoms with E-state index in [1.54, 1.807) is 36.5 Å². The molecule has 4 rings (SSSR count). The van der Waals surface area contributed by atoms with Crippen LogP contribution in [0.15, 0.2) is 71.7 Å². The normalized spacial score (nSPS) is 11.2. The van der Waals surface area contributed by atoms with Gasteiger partial charge in [0, 0.05) is 24.2 Å². The minimum Gasteiger partial charge on any atom is -0.487 e. The number of unbranched alkanes of at least 4 members (excludes halogenated alkanes) is 1. The number of carbonyl (C=O) groups excluding carboxylic acids is 2. The Morgan fingerprint density at radius 1 is 1.16 bits per heavy atom. The number of amides is 2. The minimum atomic E-state index is -0.687. The highest BCUT2D eigenvalue weighted by Crippen LogP contribution is 2.32. The summed E-state index contributed by atoms with van der Waals surface area (Å²) in [6, 6.07) is 11.8. The third-order valence-electron chi connectivity index (χ3n) is 5.48. The molecular formula is C27H24F2N4O4S. The number of primary amides is 1. The largest absolute Gasteiger partial charge is 0.487 e. The number of hydrogen-bond acceptors (Lipinski definition) is 6. The Labute approximate surface area is 220 Å². The van der Waals surface area contributed by atoms with E-state index in [0.717, 1.165) is 10.8 Å². The van der Waals surface area contributed by atoms with Gasteiger partial charge in [0.1, 0.15) is 34.7 Å². The number of hydrogen-bond donors (Lipinski definition) is 2. The second-order valence-electron chi connectivity index (χ2n) is 8.34. The molecule has 0 aliphatic carbocycles. The summed E-state index contributed by atoms with van der Waals surface area (Å²) < 4.78 is 35.1. The van der Waals surface area contributed by atoms with Gasteiger partial charge in [0.15, 0.2) is 0 Å². The SMILES string of the molecule is NC(=O)/C=C/CCCC(=O)Nc1cccn(Cc2nc3cccc(OCc4ccc(F)cc4F)c3s2)c1=O. The van der Waals surface area contributed by atoms with Crippen molar-refractivity contribution in [2.24, 2.45) is 5.73 Å². The van der Waals surface area contributed by atoms with Crippen LogP contribution in [-0.2, 0) is 22.7 Å². The average Bonchev–Trinajstić information content (AvgIpc) is 3.29. The molecule has 0 radical (unpaired) electrons. The van der Waals surface area contributed by atoms with E-state index in [2.05, 4.69) is 10.3 Å². The zero-order valence-corrected chi connectivity index (χ0v) is 21.0. The van der Waals surface area contributed by atoms with Gasteiger partial charge in [-0.25, -0.2) is 13.8 Å². The Morgan fingerprint density at radius 3 is 2.79 bits per heavy atom. The van der Waals surface area contributed by atoms with Gasteiger partial charge in [-0.2, -0.15) is 0 Å². The number of carbonyl (C=O) groups is 2. The Hall–Kier alpha value is -4.38. The maximum absolute atomic E-state index is 14.0. The first-order chi connectivity index (χ1) is 18.3. The number of fused-ring (bicyclic) bond motifs is 1.